The Bertz CT molecular complexity index is 1020. The Balaban J connectivity index is 2.08. The van der Waals surface area contributed by atoms with E-state index in [9.17, 15) is 5.26 Å². The Kier molecular flexibility index (Phi) is 2.60. The van der Waals surface area contributed by atoms with Gasteiger partial charge in [-0.25, -0.2) is 0 Å². The summed E-state index contributed by atoms with van der Waals surface area (Å²) in [4.78, 5) is 0. The van der Waals surface area contributed by atoms with E-state index >= 15 is 0 Å². The maximum atomic E-state index is 9.32. The van der Waals surface area contributed by atoms with Crippen LogP contribution >= 0.6 is 0 Å². The van der Waals surface area contributed by atoms with Gasteiger partial charge in [0.05, 0.1) is 24.3 Å². The van der Waals surface area contributed by atoms with Crippen molar-refractivity contribution in [3.63, 3.8) is 0 Å². The standard InChI is InChI=1S/C16H11N5O/c1-22-10-4-2-9(3-5-10)11-6-13-12(8-18-19-13)16-15(11)14(7-17)20-21-16/h2-6,8H,1H3,(H,18,19)(H,20,21). The van der Waals surface area contributed by atoms with E-state index in [1.165, 1.54) is 0 Å². The zero-order chi connectivity index (χ0) is 15.1. The van der Waals surface area contributed by atoms with E-state index in [4.69, 9.17) is 4.74 Å². The third kappa shape index (κ3) is 1.66. The largest absolute Gasteiger partial charge is 0.497 e. The summed E-state index contributed by atoms with van der Waals surface area (Å²) in [5.74, 6) is 0.787. The Morgan fingerprint density at radius 2 is 2.00 bits per heavy atom. The first-order valence-electron chi connectivity index (χ1n) is 6.70. The molecule has 0 bridgehead atoms. The highest BCUT2D eigenvalue weighted by Crippen LogP contribution is 2.35. The van der Waals surface area contributed by atoms with E-state index < -0.39 is 0 Å². The van der Waals surface area contributed by atoms with Gasteiger partial charge in [-0.1, -0.05) is 12.1 Å². The number of aromatic amines is 2. The second-order valence-electron chi connectivity index (χ2n) is 4.92. The molecule has 0 unspecified atom stereocenters. The molecule has 106 valence electrons. The Morgan fingerprint density at radius 3 is 2.73 bits per heavy atom. The number of benzene rings is 2. The van der Waals surface area contributed by atoms with Crippen LogP contribution in [0.5, 0.6) is 5.75 Å². The molecule has 2 aromatic heterocycles. The lowest BCUT2D eigenvalue weighted by Crippen LogP contribution is -1.85. The normalized spacial score (nSPS) is 10.9. The summed E-state index contributed by atoms with van der Waals surface area (Å²) in [7, 11) is 1.63. The smallest absolute Gasteiger partial charge is 0.170 e. The summed E-state index contributed by atoms with van der Waals surface area (Å²) in [5, 5.41) is 25.1. The van der Waals surface area contributed by atoms with Crippen molar-refractivity contribution in [1.82, 2.24) is 20.4 Å². The Labute approximate surface area is 125 Å². The van der Waals surface area contributed by atoms with Crippen LogP contribution in [0.4, 0.5) is 0 Å². The molecule has 0 spiro atoms. The van der Waals surface area contributed by atoms with Gasteiger partial charge in [-0.3, -0.25) is 10.2 Å². The first-order valence-corrected chi connectivity index (χ1v) is 6.70. The number of aromatic nitrogens is 4. The summed E-state index contributed by atoms with van der Waals surface area (Å²) in [6.07, 6.45) is 1.73. The summed E-state index contributed by atoms with van der Waals surface area (Å²) >= 11 is 0. The molecule has 0 radical (unpaired) electrons. The topological polar surface area (TPSA) is 90.4 Å². The molecule has 4 aromatic rings. The van der Waals surface area contributed by atoms with E-state index in [1.54, 1.807) is 13.3 Å². The van der Waals surface area contributed by atoms with Crippen molar-refractivity contribution in [1.29, 1.82) is 5.26 Å². The van der Waals surface area contributed by atoms with Gasteiger partial charge in [-0.2, -0.15) is 15.5 Å². The lowest BCUT2D eigenvalue weighted by atomic mass is 9.98. The highest BCUT2D eigenvalue weighted by Gasteiger charge is 2.16. The summed E-state index contributed by atoms with van der Waals surface area (Å²) < 4.78 is 5.19. The van der Waals surface area contributed by atoms with Crippen LogP contribution in [0.1, 0.15) is 5.69 Å². The fourth-order valence-corrected chi connectivity index (χ4v) is 2.70. The summed E-state index contributed by atoms with van der Waals surface area (Å²) in [5.41, 5.74) is 4.00. The van der Waals surface area contributed by atoms with Crippen LogP contribution in [0.2, 0.25) is 0 Å². The van der Waals surface area contributed by atoms with Gasteiger partial charge in [0.15, 0.2) is 5.69 Å². The van der Waals surface area contributed by atoms with Crippen LogP contribution in [-0.4, -0.2) is 27.5 Å². The van der Waals surface area contributed by atoms with E-state index in [0.29, 0.717) is 5.69 Å². The molecule has 4 rings (SSSR count). The monoisotopic (exact) mass is 289 g/mol. The van der Waals surface area contributed by atoms with Gasteiger partial charge in [0, 0.05) is 10.8 Å². The molecule has 6 heteroatoms. The maximum absolute atomic E-state index is 9.32. The average Bonchev–Trinajstić information content (AvgIpc) is 3.20. The van der Waals surface area contributed by atoms with E-state index in [2.05, 4.69) is 26.5 Å². The molecular weight excluding hydrogens is 278 g/mol. The highest BCUT2D eigenvalue weighted by atomic mass is 16.5. The molecule has 0 aliphatic rings. The number of nitriles is 1. The second kappa shape index (κ2) is 4.60. The van der Waals surface area contributed by atoms with Crippen LogP contribution in [0, 0.1) is 11.3 Å². The minimum Gasteiger partial charge on any atom is -0.497 e. The molecule has 2 heterocycles. The predicted octanol–water partition coefficient (Wildman–Crippen LogP) is 2.99. The molecule has 2 aromatic carbocycles. The first kappa shape index (κ1) is 12.4. The molecule has 0 atom stereocenters. The third-order valence-corrected chi connectivity index (χ3v) is 3.77. The van der Waals surface area contributed by atoms with Crippen molar-refractivity contribution in [3.05, 3.63) is 42.2 Å². The number of H-pyrrole nitrogens is 2. The van der Waals surface area contributed by atoms with Gasteiger partial charge >= 0.3 is 0 Å². The Hall–Kier alpha value is -3.33. The van der Waals surface area contributed by atoms with Gasteiger partial charge < -0.3 is 4.74 Å². The van der Waals surface area contributed by atoms with Gasteiger partial charge in [0.1, 0.15) is 11.8 Å². The zero-order valence-electron chi connectivity index (χ0n) is 11.7. The van der Waals surface area contributed by atoms with Crippen LogP contribution in [0.15, 0.2) is 36.5 Å². The molecular formula is C16H11N5O. The lowest BCUT2D eigenvalue weighted by Gasteiger charge is -2.06. The number of nitrogens with zero attached hydrogens (tertiary/aromatic N) is 3. The van der Waals surface area contributed by atoms with E-state index in [1.807, 2.05) is 30.3 Å². The summed E-state index contributed by atoms with van der Waals surface area (Å²) in [6, 6.07) is 11.8. The molecule has 6 nitrogen and oxygen atoms in total. The van der Waals surface area contributed by atoms with Gasteiger partial charge in [0.2, 0.25) is 0 Å². The molecule has 0 fully saturated rings. The molecule has 0 amide bonds. The predicted molar refractivity (Wildman–Crippen MR) is 82.4 cm³/mol. The van der Waals surface area contributed by atoms with Crippen molar-refractivity contribution in [2.24, 2.45) is 0 Å². The minimum atomic E-state index is 0.379. The number of hydrogen-bond donors (Lipinski definition) is 2. The zero-order valence-corrected chi connectivity index (χ0v) is 11.7. The van der Waals surface area contributed by atoms with Gasteiger partial charge in [0.25, 0.3) is 0 Å². The number of rotatable bonds is 2. The van der Waals surface area contributed by atoms with Crippen LogP contribution in [-0.2, 0) is 0 Å². The SMILES string of the molecule is COc1ccc(-c2cc3[nH]ncc3c3[nH]nc(C#N)c23)cc1. The highest BCUT2D eigenvalue weighted by molar-refractivity contribution is 6.12. The number of nitrogens with one attached hydrogen (secondary N) is 2. The molecule has 0 saturated carbocycles. The average molecular weight is 289 g/mol. The number of ether oxygens (including phenoxy) is 1. The van der Waals surface area contributed by atoms with Gasteiger partial charge in [-0.05, 0) is 29.3 Å². The van der Waals surface area contributed by atoms with Crippen molar-refractivity contribution in [2.75, 3.05) is 7.11 Å². The lowest BCUT2D eigenvalue weighted by molar-refractivity contribution is 0.415. The third-order valence-electron chi connectivity index (χ3n) is 3.77. The molecule has 0 aliphatic carbocycles. The van der Waals surface area contributed by atoms with E-state index in [0.717, 1.165) is 38.7 Å². The van der Waals surface area contributed by atoms with Crippen LogP contribution in [0.25, 0.3) is 32.9 Å². The molecule has 2 N–H and O–H groups in total. The Morgan fingerprint density at radius 1 is 1.18 bits per heavy atom. The fourth-order valence-electron chi connectivity index (χ4n) is 2.70. The molecule has 0 aliphatic heterocycles. The fraction of sp³-hybridized carbons (Fsp3) is 0.0625. The second-order valence-corrected chi connectivity index (χ2v) is 4.92. The molecule has 0 saturated heterocycles. The maximum Gasteiger partial charge on any atom is 0.170 e. The molecule has 22 heavy (non-hydrogen) atoms. The number of methoxy groups -OCH3 is 1. The van der Waals surface area contributed by atoms with E-state index in [-0.39, 0.29) is 0 Å². The number of fused-ring (bicyclic) bond motifs is 3. The first-order chi connectivity index (χ1) is 10.8. The van der Waals surface area contributed by atoms with Crippen molar-refractivity contribution in [3.8, 4) is 22.9 Å². The van der Waals surface area contributed by atoms with Gasteiger partial charge in [-0.15, -0.1) is 0 Å². The van der Waals surface area contributed by atoms with Crippen molar-refractivity contribution < 1.29 is 4.74 Å². The quantitative estimate of drug-likeness (QED) is 0.593. The van der Waals surface area contributed by atoms with Crippen molar-refractivity contribution >= 4 is 21.8 Å². The van der Waals surface area contributed by atoms with Crippen LogP contribution < -0.4 is 4.74 Å². The van der Waals surface area contributed by atoms with Crippen molar-refractivity contribution in [2.45, 2.75) is 0 Å². The number of hydrogen-bond acceptors (Lipinski definition) is 4. The minimum absolute atomic E-state index is 0.379. The van der Waals surface area contributed by atoms with Crippen LogP contribution in [0.3, 0.4) is 0 Å². The summed E-state index contributed by atoms with van der Waals surface area (Å²) in [6.45, 7) is 0.